The van der Waals surface area contributed by atoms with Gasteiger partial charge in [-0.15, -0.1) is 0 Å². The van der Waals surface area contributed by atoms with Crippen LogP contribution in [0.4, 0.5) is 10.1 Å². The van der Waals surface area contributed by atoms with Gasteiger partial charge in [-0.3, -0.25) is 4.79 Å². The van der Waals surface area contributed by atoms with Gasteiger partial charge in [0, 0.05) is 23.6 Å². The topological polar surface area (TPSA) is 54.3 Å². The van der Waals surface area contributed by atoms with Crippen LogP contribution in [0.25, 0.3) is 5.69 Å². The van der Waals surface area contributed by atoms with Crippen LogP contribution in [-0.4, -0.2) is 15.6 Å². The maximum atomic E-state index is 14.3. The molecule has 1 amide bonds. The number of halogens is 1. The van der Waals surface area contributed by atoms with Crippen LogP contribution >= 0.6 is 0 Å². The Bertz CT molecular complexity index is 873. The first-order chi connectivity index (χ1) is 11.6. The fourth-order valence-corrected chi connectivity index (χ4v) is 2.45. The van der Waals surface area contributed by atoms with Crippen LogP contribution < -0.4 is 5.32 Å². The van der Waals surface area contributed by atoms with Gasteiger partial charge in [0.25, 0.3) is 5.91 Å². The van der Waals surface area contributed by atoms with Crippen LogP contribution in [0.3, 0.4) is 0 Å². The molecule has 1 aromatic heterocycles. The van der Waals surface area contributed by atoms with Crippen molar-refractivity contribution in [3.05, 3.63) is 83.4 Å². The molecule has 4 nitrogen and oxygen atoms in total. The third-order valence-corrected chi connectivity index (χ3v) is 3.83. The number of nitrogens with one attached hydrogen (secondary N) is 1. The molecular weight excluding hydrogens is 307 g/mol. The minimum Gasteiger partial charge on any atom is -0.392 e. The van der Waals surface area contributed by atoms with E-state index in [0.717, 1.165) is 5.56 Å². The quantitative estimate of drug-likeness (QED) is 0.769. The smallest absolute Gasteiger partial charge is 0.255 e. The minimum absolute atomic E-state index is 0.108. The molecule has 0 aliphatic carbocycles. The summed E-state index contributed by atoms with van der Waals surface area (Å²) in [4.78, 5) is 12.4. The van der Waals surface area contributed by atoms with E-state index in [9.17, 15) is 14.3 Å². The van der Waals surface area contributed by atoms with Gasteiger partial charge >= 0.3 is 0 Å². The van der Waals surface area contributed by atoms with Crippen molar-refractivity contribution >= 4 is 11.6 Å². The molecule has 0 saturated heterocycles. The molecule has 24 heavy (non-hydrogen) atoms. The number of hydrogen-bond donors (Lipinski definition) is 2. The monoisotopic (exact) mass is 324 g/mol. The number of benzene rings is 2. The molecule has 0 unspecified atom stereocenters. The fraction of sp³-hybridized carbons (Fsp3) is 0.105. The molecule has 0 bridgehead atoms. The molecule has 0 saturated carbocycles. The Labute approximate surface area is 139 Å². The molecule has 0 atom stereocenters. The van der Waals surface area contributed by atoms with Crippen molar-refractivity contribution < 1.29 is 14.3 Å². The van der Waals surface area contributed by atoms with Crippen molar-refractivity contribution in [2.75, 3.05) is 5.32 Å². The SMILES string of the molecule is Cc1ccc(CO)cc1NC(=O)c1ccc(-n2cccc2)c(F)c1. The fourth-order valence-electron chi connectivity index (χ4n) is 2.45. The summed E-state index contributed by atoms with van der Waals surface area (Å²) in [6.45, 7) is 1.75. The molecule has 122 valence electrons. The maximum Gasteiger partial charge on any atom is 0.255 e. The Morgan fingerprint density at radius 2 is 1.92 bits per heavy atom. The normalized spacial score (nSPS) is 10.6. The Morgan fingerprint density at radius 3 is 2.58 bits per heavy atom. The lowest BCUT2D eigenvalue weighted by molar-refractivity contribution is 0.102. The number of amides is 1. The lowest BCUT2D eigenvalue weighted by Crippen LogP contribution is -2.13. The van der Waals surface area contributed by atoms with Crippen molar-refractivity contribution in [2.24, 2.45) is 0 Å². The van der Waals surface area contributed by atoms with Gasteiger partial charge in [0.1, 0.15) is 5.82 Å². The standard InChI is InChI=1S/C19H17FN2O2/c1-13-4-5-14(12-23)10-17(13)21-19(24)15-6-7-18(16(20)11-15)22-8-2-3-9-22/h2-11,23H,12H2,1H3,(H,21,24). The number of rotatable bonds is 4. The Kier molecular flexibility index (Phi) is 4.44. The lowest BCUT2D eigenvalue weighted by atomic mass is 10.1. The predicted octanol–water partition coefficient (Wildman–Crippen LogP) is 3.67. The van der Waals surface area contributed by atoms with Gasteiger partial charge in [0.05, 0.1) is 12.3 Å². The van der Waals surface area contributed by atoms with Crippen LogP contribution in [0, 0.1) is 12.7 Å². The van der Waals surface area contributed by atoms with Gasteiger partial charge in [-0.05, 0) is 54.4 Å². The molecule has 0 fully saturated rings. The number of aryl methyl sites for hydroxylation is 1. The number of anilines is 1. The summed E-state index contributed by atoms with van der Waals surface area (Å²) in [5.74, 6) is -0.870. The molecule has 2 N–H and O–H groups in total. The number of hydrogen-bond acceptors (Lipinski definition) is 2. The van der Waals surface area contributed by atoms with Crippen molar-refractivity contribution in [1.29, 1.82) is 0 Å². The second-order valence-corrected chi connectivity index (χ2v) is 5.52. The molecule has 0 aliphatic heterocycles. The first kappa shape index (κ1) is 16.0. The second-order valence-electron chi connectivity index (χ2n) is 5.52. The molecule has 1 heterocycles. The number of aromatic nitrogens is 1. The number of nitrogens with zero attached hydrogens (tertiary/aromatic N) is 1. The van der Waals surface area contributed by atoms with Gasteiger partial charge in [0.2, 0.25) is 0 Å². The maximum absolute atomic E-state index is 14.3. The van der Waals surface area contributed by atoms with Crippen molar-refractivity contribution in [3.8, 4) is 5.69 Å². The first-order valence-electron chi connectivity index (χ1n) is 7.53. The summed E-state index contributed by atoms with van der Waals surface area (Å²) in [5.41, 5.74) is 2.78. The Morgan fingerprint density at radius 1 is 1.17 bits per heavy atom. The summed E-state index contributed by atoms with van der Waals surface area (Å²) < 4.78 is 15.9. The average molecular weight is 324 g/mol. The third-order valence-electron chi connectivity index (χ3n) is 3.83. The van der Waals surface area contributed by atoms with Crippen LogP contribution in [0.2, 0.25) is 0 Å². The van der Waals surface area contributed by atoms with Crippen LogP contribution in [0.5, 0.6) is 0 Å². The van der Waals surface area contributed by atoms with Gasteiger partial charge < -0.3 is 15.0 Å². The molecule has 3 rings (SSSR count). The molecule has 0 aliphatic rings. The molecule has 2 aromatic carbocycles. The van der Waals surface area contributed by atoms with Crippen molar-refractivity contribution in [1.82, 2.24) is 4.57 Å². The van der Waals surface area contributed by atoms with Crippen LogP contribution in [0.15, 0.2) is 60.9 Å². The Balaban J connectivity index is 1.84. The summed E-state index contributed by atoms with van der Waals surface area (Å²) in [7, 11) is 0. The molecule has 0 spiro atoms. The summed E-state index contributed by atoms with van der Waals surface area (Å²) in [6.07, 6.45) is 3.48. The zero-order valence-electron chi connectivity index (χ0n) is 13.2. The van der Waals surface area contributed by atoms with Gasteiger partial charge in [-0.1, -0.05) is 12.1 Å². The number of carbonyl (C=O) groups is 1. The lowest BCUT2D eigenvalue weighted by Gasteiger charge is -2.11. The largest absolute Gasteiger partial charge is 0.392 e. The van der Waals surface area contributed by atoms with Gasteiger partial charge in [0.15, 0.2) is 0 Å². The molecule has 3 aromatic rings. The third kappa shape index (κ3) is 3.21. The minimum atomic E-state index is -0.473. The highest BCUT2D eigenvalue weighted by Crippen LogP contribution is 2.20. The van der Waals surface area contributed by atoms with E-state index in [1.54, 1.807) is 53.4 Å². The van der Waals surface area contributed by atoms with E-state index < -0.39 is 11.7 Å². The number of aliphatic hydroxyl groups is 1. The molecule has 5 heteroatoms. The molecular formula is C19H17FN2O2. The number of carbonyl (C=O) groups excluding carboxylic acids is 1. The highest BCUT2D eigenvalue weighted by molar-refractivity contribution is 6.04. The van der Waals surface area contributed by atoms with E-state index in [2.05, 4.69) is 5.32 Å². The second kappa shape index (κ2) is 6.68. The van der Waals surface area contributed by atoms with E-state index in [4.69, 9.17) is 0 Å². The van der Waals surface area contributed by atoms with E-state index in [1.165, 1.54) is 6.07 Å². The van der Waals surface area contributed by atoms with Crippen LogP contribution in [0.1, 0.15) is 21.5 Å². The van der Waals surface area contributed by atoms with E-state index >= 15 is 0 Å². The van der Waals surface area contributed by atoms with E-state index in [0.29, 0.717) is 16.9 Å². The summed E-state index contributed by atoms with van der Waals surface area (Å²) in [6, 6.07) is 13.3. The summed E-state index contributed by atoms with van der Waals surface area (Å²) >= 11 is 0. The first-order valence-corrected chi connectivity index (χ1v) is 7.53. The number of aliphatic hydroxyl groups excluding tert-OH is 1. The van der Waals surface area contributed by atoms with Crippen molar-refractivity contribution in [3.63, 3.8) is 0 Å². The predicted molar refractivity (Wildman–Crippen MR) is 90.8 cm³/mol. The zero-order valence-corrected chi connectivity index (χ0v) is 13.2. The van der Waals surface area contributed by atoms with Crippen molar-refractivity contribution in [2.45, 2.75) is 13.5 Å². The van der Waals surface area contributed by atoms with Gasteiger partial charge in [-0.2, -0.15) is 0 Å². The highest BCUT2D eigenvalue weighted by Gasteiger charge is 2.12. The molecule has 0 radical (unpaired) electrons. The Hall–Kier alpha value is -2.92. The zero-order chi connectivity index (χ0) is 17.1. The van der Waals surface area contributed by atoms with E-state index in [1.807, 2.05) is 13.0 Å². The van der Waals surface area contributed by atoms with Crippen LogP contribution in [-0.2, 0) is 6.61 Å². The highest BCUT2D eigenvalue weighted by atomic mass is 19.1. The average Bonchev–Trinajstić information content (AvgIpc) is 3.11. The van der Waals surface area contributed by atoms with Gasteiger partial charge in [-0.25, -0.2) is 4.39 Å². The van der Waals surface area contributed by atoms with E-state index in [-0.39, 0.29) is 12.2 Å². The summed E-state index contributed by atoms with van der Waals surface area (Å²) in [5, 5.41) is 12.0.